The fourth-order valence-electron chi connectivity index (χ4n) is 4.24. The van der Waals surface area contributed by atoms with Crippen molar-refractivity contribution in [2.45, 2.75) is 31.7 Å². The summed E-state index contributed by atoms with van der Waals surface area (Å²) in [5.74, 6) is 0.320. The molecule has 0 saturated carbocycles. The number of hydrogen-bond donors (Lipinski definition) is 1. The number of sulfonamides is 1. The van der Waals surface area contributed by atoms with Crippen molar-refractivity contribution in [3.8, 4) is 23.0 Å². The zero-order valence-electron chi connectivity index (χ0n) is 19.5. The Balaban J connectivity index is 1.51. The third-order valence-electron chi connectivity index (χ3n) is 5.93. The van der Waals surface area contributed by atoms with E-state index in [1.807, 2.05) is 44.3 Å². The van der Waals surface area contributed by atoms with Gasteiger partial charge in [-0.05, 0) is 24.6 Å². The lowest BCUT2D eigenvalue weighted by molar-refractivity contribution is -0.114. The molecule has 35 heavy (non-hydrogen) atoms. The minimum Gasteiger partial charge on any atom is -0.332 e. The van der Waals surface area contributed by atoms with Gasteiger partial charge in [0.15, 0.2) is 5.69 Å². The van der Waals surface area contributed by atoms with Gasteiger partial charge in [0.05, 0.1) is 5.69 Å². The average molecular weight is 493 g/mol. The van der Waals surface area contributed by atoms with Crippen LogP contribution in [0.2, 0.25) is 0 Å². The molecule has 5 rings (SSSR count). The number of fused-ring (bicyclic) bond motifs is 1. The summed E-state index contributed by atoms with van der Waals surface area (Å²) in [6.07, 6.45) is 0.471. The van der Waals surface area contributed by atoms with Crippen molar-refractivity contribution in [3.05, 3.63) is 65.4 Å². The van der Waals surface area contributed by atoms with Gasteiger partial charge >= 0.3 is 0 Å². The maximum absolute atomic E-state index is 13.7. The highest BCUT2D eigenvalue weighted by Crippen LogP contribution is 2.34. The number of amides is 1. The molecular weight excluding hydrogens is 468 g/mol. The van der Waals surface area contributed by atoms with Crippen molar-refractivity contribution in [1.82, 2.24) is 24.2 Å². The van der Waals surface area contributed by atoms with Crippen LogP contribution < -0.4 is 5.32 Å². The Hall–Kier alpha value is -3.83. The second kappa shape index (κ2) is 8.75. The zero-order valence-corrected chi connectivity index (χ0v) is 20.3. The highest BCUT2D eigenvalue weighted by atomic mass is 32.2. The Labute approximate surface area is 202 Å². The average Bonchev–Trinajstić information content (AvgIpc) is 3.45. The van der Waals surface area contributed by atoms with E-state index in [1.165, 1.54) is 11.2 Å². The largest absolute Gasteiger partial charge is 0.332 e. The predicted molar refractivity (Wildman–Crippen MR) is 129 cm³/mol. The van der Waals surface area contributed by atoms with E-state index in [0.29, 0.717) is 17.9 Å². The summed E-state index contributed by atoms with van der Waals surface area (Å²) in [6.45, 7) is 3.53. The van der Waals surface area contributed by atoms with Crippen LogP contribution in [0.15, 0.2) is 57.9 Å². The first-order chi connectivity index (χ1) is 16.7. The van der Waals surface area contributed by atoms with Crippen LogP contribution in [-0.4, -0.2) is 45.1 Å². The predicted octanol–water partition coefficient (Wildman–Crippen LogP) is 3.15. The summed E-state index contributed by atoms with van der Waals surface area (Å²) < 4.78 is 36.0. The minimum atomic E-state index is -3.92. The quantitative estimate of drug-likeness (QED) is 0.454. The zero-order chi connectivity index (χ0) is 24.7. The van der Waals surface area contributed by atoms with Crippen molar-refractivity contribution in [2.24, 2.45) is 7.05 Å². The smallest absolute Gasteiger partial charge is 0.279 e. The molecule has 4 aromatic rings. The molecule has 2 aromatic heterocycles. The first-order valence-electron chi connectivity index (χ1n) is 11.1. The van der Waals surface area contributed by atoms with E-state index >= 15 is 0 Å². The normalized spacial score (nSPS) is 14.0. The molecule has 11 heteroatoms. The van der Waals surface area contributed by atoms with E-state index < -0.39 is 10.0 Å². The first kappa shape index (κ1) is 22.9. The monoisotopic (exact) mass is 492 g/mol. The molecule has 0 spiro atoms. The molecule has 180 valence electrons. The lowest BCUT2D eigenvalue weighted by atomic mass is 10.1. The number of benzene rings is 2. The number of anilines is 1. The maximum Gasteiger partial charge on any atom is 0.279 e. The molecule has 2 aromatic carbocycles. The molecule has 3 heterocycles. The molecule has 0 saturated heterocycles. The molecule has 0 atom stereocenters. The van der Waals surface area contributed by atoms with Crippen LogP contribution in [0.1, 0.15) is 23.7 Å². The van der Waals surface area contributed by atoms with E-state index in [1.54, 1.807) is 22.9 Å². The summed E-state index contributed by atoms with van der Waals surface area (Å²) in [4.78, 5) is 16.2. The Bertz CT molecular complexity index is 1520. The van der Waals surface area contributed by atoms with Gasteiger partial charge in [0.1, 0.15) is 4.90 Å². The van der Waals surface area contributed by atoms with Crippen molar-refractivity contribution >= 4 is 21.6 Å². The molecule has 1 aliphatic heterocycles. The van der Waals surface area contributed by atoms with Crippen LogP contribution in [-0.2, 0) is 34.8 Å². The Kier molecular flexibility index (Phi) is 5.73. The third-order valence-corrected chi connectivity index (χ3v) is 7.82. The first-order valence-corrected chi connectivity index (χ1v) is 12.5. The highest BCUT2D eigenvalue weighted by molar-refractivity contribution is 7.89. The van der Waals surface area contributed by atoms with Gasteiger partial charge in [0.25, 0.3) is 5.89 Å². The molecule has 0 fully saturated rings. The van der Waals surface area contributed by atoms with E-state index in [9.17, 15) is 13.2 Å². The van der Waals surface area contributed by atoms with Crippen molar-refractivity contribution < 1.29 is 17.7 Å². The van der Waals surface area contributed by atoms with Gasteiger partial charge in [0, 0.05) is 50.3 Å². The molecule has 0 unspecified atom stereocenters. The van der Waals surface area contributed by atoms with Crippen molar-refractivity contribution in [2.75, 3.05) is 11.9 Å². The Morgan fingerprint density at radius 2 is 1.91 bits per heavy atom. The SMILES string of the molecule is CC(=O)Nc1ccc(C)cc1S(=O)(=O)N1CCc2c(c(-c3nc(-c4ccccc4)no3)nn2C)C1. The number of nitrogens with zero attached hydrogens (tertiary/aromatic N) is 5. The van der Waals surface area contributed by atoms with E-state index in [0.717, 1.165) is 22.4 Å². The van der Waals surface area contributed by atoms with Crippen molar-refractivity contribution in [3.63, 3.8) is 0 Å². The maximum atomic E-state index is 13.7. The van der Waals surface area contributed by atoms with Gasteiger partial charge in [-0.2, -0.15) is 14.4 Å². The third kappa shape index (κ3) is 4.24. The van der Waals surface area contributed by atoms with Crippen LogP contribution in [0, 0.1) is 6.92 Å². The van der Waals surface area contributed by atoms with Gasteiger partial charge in [0.2, 0.25) is 21.8 Å². The molecule has 10 nitrogen and oxygen atoms in total. The van der Waals surface area contributed by atoms with Gasteiger partial charge in [-0.25, -0.2) is 8.42 Å². The van der Waals surface area contributed by atoms with Gasteiger partial charge in [-0.15, -0.1) is 0 Å². The fourth-order valence-corrected chi connectivity index (χ4v) is 5.88. The number of carbonyl (C=O) groups excluding carboxylic acids is 1. The van der Waals surface area contributed by atoms with Crippen LogP contribution in [0.4, 0.5) is 5.69 Å². The standard InChI is InChI=1S/C24H24N6O4S/c1-15-9-10-19(25-16(2)31)21(13-15)35(32,33)30-12-11-20-18(14-30)22(27-29(20)3)24-26-23(28-34-24)17-7-5-4-6-8-17/h4-10,13H,11-12,14H2,1-3H3,(H,25,31). The lowest BCUT2D eigenvalue weighted by Crippen LogP contribution is -2.36. The second-order valence-corrected chi connectivity index (χ2v) is 10.4. The topological polar surface area (TPSA) is 123 Å². The number of aryl methyl sites for hydroxylation is 2. The minimum absolute atomic E-state index is 0.0609. The Morgan fingerprint density at radius 1 is 1.14 bits per heavy atom. The molecular formula is C24H24N6O4S. The number of nitrogens with one attached hydrogen (secondary N) is 1. The summed E-state index contributed by atoms with van der Waals surface area (Å²) >= 11 is 0. The molecule has 0 radical (unpaired) electrons. The molecule has 1 amide bonds. The summed E-state index contributed by atoms with van der Waals surface area (Å²) in [6, 6.07) is 14.4. The highest BCUT2D eigenvalue weighted by Gasteiger charge is 2.35. The molecule has 1 aliphatic rings. The fraction of sp³-hybridized carbons (Fsp3) is 0.250. The van der Waals surface area contributed by atoms with Crippen LogP contribution in [0.5, 0.6) is 0 Å². The number of aromatic nitrogens is 4. The van der Waals surface area contributed by atoms with Gasteiger partial charge in [-0.1, -0.05) is 41.6 Å². The summed E-state index contributed by atoms with van der Waals surface area (Å²) in [5, 5.41) is 11.3. The number of hydrogen-bond acceptors (Lipinski definition) is 7. The lowest BCUT2D eigenvalue weighted by Gasteiger charge is -2.27. The Morgan fingerprint density at radius 3 is 2.66 bits per heavy atom. The summed E-state index contributed by atoms with van der Waals surface area (Å²) in [5.41, 5.74) is 3.93. The molecule has 0 bridgehead atoms. The van der Waals surface area contributed by atoms with Gasteiger partial charge < -0.3 is 9.84 Å². The van der Waals surface area contributed by atoms with E-state index in [2.05, 4.69) is 20.6 Å². The van der Waals surface area contributed by atoms with Crippen molar-refractivity contribution in [1.29, 1.82) is 0 Å². The van der Waals surface area contributed by atoms with E-state index in [-0.39, 0.29) is 35.5 Å². The number of rotatable bonds is 5. The second-order valence-electron chi connectivity index (χ2n) is 8.46. The van der Waals surface area contributed by atoms with Crippen LogP contribution in [0.3, 0.4) is 0 Å². The van der Waals surface area contributed by atoms with E-state index in [4.69, 9.17) is 4.52 Å². The van der Waals surface area contributed by atoms with Crippen LogP contribution in [0.25, 0.3) is 23.0 Å². The van der Waals surface area contributed by atoms with Crippen LogP contribution >= 0.6 is 0 Å². The molecule has 0 aliphatic carbocycles. The molecule has 1 N–H and O–H groups in total. The van der Waals surface area contributed by atoms with Gasteiger partial charge in [-0.3, -0.25) is 9.48 Å². The summed E-state index contributed by atoms with van der Waals surface area (Å²) in [7, 11) is -2.10. The number of carbonyl (C=O) groups is 1.